The summed E-state index contributed by atoms with van der Waals surface area (Å²) in [7, 11) is 5.96. The number of oxime groups is 1. The minimum Gasteiger partial charge on any atom is -0.461 e. The van der Waals surface area contributed by atoms with Crippen molar-refractivity contribution in [1.29, 1.82) is 0 Å². The highest BCUT2D eigenvalue weighted by molar-refractivity contribution is 5.90. The fourth-order valence-electron chi connectivity index (χ4n) is 11.1. The Hall–Kier alpha value is -2.44. The maximum atomic E-state index is 15.2. The number of aliphatic hydroxyl groups excluding tert-OH is 2. The standard InChI is InChI=1S/C52H92N2O18/c1-26(2)20-38(55)69-44-33(9)43(28(4)25-65-51-47(63-16)46(62-15)40(56)36(12)68-51)71-49(59)35(11)45(70-39-21-29(5)54(18-19-61-14)24-31(7)66-39)32(8)42(27(3)23-52(13,60)48(58)34(44)10)72-50-41(57)37(53-64-17)22-30(6)67-50/h26-36,39-47,50-51,56-57,60H,18-25H2,1-17H3/b53-37+/t27-,28-,29?,30+,31-,32+,33-,34+,35+,36+,39-,40+,41+,42-,43+,44+,45-,46+,47+,50-,51+,52-/m0/s1. The summed E-state index contributed by atoms with van der Waals surface area (Å²) in [5.41, 5.74) is -1.71. The Labute approximate surface area is 428 Å². The summed E-state index contributed by atoms with van der Waals surface area (Å²) in [6.07, 6.45) is -12.1. The number of Topliss-reactive ketones (excluding diaryl/α,β-unsaturated/α-hetero) is 1. The van der Waals surface area contributed by atoms with Crippen molar-refractivity contribution < 1.29 is 86.6 Å². The van der Waals surface area contributed by atoms with Crippen LogP contribution in [0.5, 0.6) is 0 Å². The monoisotopic (exact) mass is 1030 g/mol. The Morgan fingerprint density at radius 3 is 2.10 bits per heavy atom. The molecule has 0 aromatic heterocycles. The second-order valence-corrected chi connectivity index (χ2v) is 21.9. The van der Waals surface area contributed by atoms with Crippen molar-refractivity contribution >= 4 is 23.4 Å². The molecule has 4 rings (SSSR count). The van der Waals surface area contributed by atoms with E-state index in [9.17, 15) is 24.9 Å². The summed E-state index contributed by atoms with van der Waals surface area (Å²) in [6, 6.07) is -0.0105. The number of rotatable bonds is 17. The summed E-state index contributed by atoms with van der Waals surface area (Å²) in [5.74, 6) is -6.95. The molecule has 0 radical (unpaired) electrons. The number of ether oxygens (including phenoxy) is 11. The van der Waals surface area contributed by atoms with E-state index in [1.165, 1.54) is 28.3 Å². The molecule has 0 aromatic carbocycles. The van der Waals surface area contributed by atoms with Crippen LogP contribution in [0.15, 0.2) is 5.16 Å². The lowest BCUT2D eigenvalue weighted by atomic mass is 9.74. The summed E-state index contributed by atoms with van der Waals surface area (Å²) in [6.45, 7) is 25.0. The number of hydrogen-bond acceptors (Lipinski definition) is 20. The van der Waals surface area contributed by atoms with Gasteiger partial charge in [-0.3, -0.25) is 19.3 Å². The van der Waals surface area contributed by atoms with E-state index < -0.39 is 139 Å². The molecule has 72 heavy (non-hydrogen) atoms. The van der Waals surface area contributed by atoms with Gasteiger partial charge in [-0.05, 0) is 59.8 Å². The van der Waals surface area contributed by atoms with E-state index in [4.69, 9.17) is 56.9 Å². The zero-order valence-corrected chi connectivity index (χ0v) is 46.2. The average molecular weight is 1030 g/mol. The van der Waals surface area contributed by atoms with E-state index in [2.05, 4.69) is 17.0 Å². The lowest BCUT2D eigenvalue weighted by molar-refractivity contribution is -0.305. The van der Waals surface area contributed by atoms with Crippen LogP contribution in [0.1, 0.15) is 116 Å². The molecule has 0 bridgehead atoms. The van der Waals surface area contributed by atoms with Crippen LogP contribution in [-0.4, -0.2) is 196 Å². The molecule has 3 N–H and O–H groups in total. The number of esters is 2. The number of methoxy groups -OCH3 is 3. The Balaban J connectivity index is 1.88. The predicted octanol–water partition coefficient (Wildman–Crippen LogP) is 4.29. The highest BCUT2D eigenvalue weighted by Crippen LogP contribution is 2.39. The molecule has 0 saturated carbocycles. The number of carbonyl (C=O) groups is 3. The number of cyclic esters (lactones) is 1. The van der Waals surface area contributed by atoms with Crippen LogP contribution in [0.2, 0.25) is 0 Å². The van der Waals surface area contributed by atoms with Gasteiger partial charge in [0.25, 0.3) is 0 Å². The lowest BCUT2D eigenvalue weighted by Crippen LogP contribution is -2.59. The molecular weight excluding hydrogens is 941 g/mol. The molecule has 1 unspecified atom stereocenters. The molecule has 20 nitrogen and oxygen atoms in total. The molecular formula is C52H92N2O18. The summed E-state index contributed by atoms with van der Waals surface area (Å²) >= 11 is 0. The summed E-state index contributed by atoms with van der Waals surface area (Å²) in [4.78, 5) is 51.2. The van der Waals surface area contributed by atoms with E-state index in [0.29, 0.717) is 31.8 Å². The molecule has 4 heterocycles. The SMILES string of the molecule is COCCN1C[C@H](C)O[C@@H](O[C@H]2[C@H](C)[C@@H](O[C@@H]3O[C@H](C)C/C(=N\OC)[C@H]3O)[C@@H](C)C[C@](C)(O)C(=O)[C@H](C)[C@H](OC(=O)CC(C)C)[C@@H](C)[C@@H]([C@@H](C)CO[C@@H]3O[C@H](C)[C@@H](O)[C@@H](OC)[C@H]3OC)OC(=O)[C@@H]2C)CC1C. The first-order valence-corrected chi connectivity index (χ1v) is 26.1. The Bertz CT molecular complexity index is 1720. The number of ketones is 1. The first kappa shape index (κ1) is 62.1. The third-order valence-corrected chi connectivity index (χ3v) is 15.0. The molecule has 4 saturated heterocycles. The van der Waals surface area contributed by atoms with E-state index >= 15 is 4.79 Å². The molecule has 0 aromatic rings. The topological polar surface area (TPSA) is 238 Å². The van der Waals surface area contributed by atoms with Gasteiger partial charge in [-0.25, -0.2) is 0 Å². The van der Waals surface area contributed by atoms with Crippen LogP contribution in [0, 0.1) is 41.4 Å². The van der Waals surface area contributed by atoms with Crippen molar-refractivity contribution in [3.63, 3.8) is 0 Å². The first-order valence-electron chi connectivity index (χ1n) is 26.1. The van der Waals surface area contributed by atoms with Crippen molar-refractivity contribution in [1.82, 2.24) is 4.90 Å². The van der Waals surface area contributed by atoms with Gasteiger partial charge in [0, 0.05) is 77.5 Å². The lowest BCUT2D eigenvalue weighted by Gasteiger charge is -2.44. The number of hydrogen-bond donors (Lipinski definition) is 3. The van der Waals surface area contributed by atoms with Crippen LogP contribution in [0.3, 0.4) is 0 Å². The molecule has 4 aliphatic rings. The largest absolute Gasteiger partial charge is 0.461 e. The fourth-order valence-corrected chi connectivity index (χ4v) is 11.1. The zero-order valence-electron chi connectivity index (χ0n) is 46.2. The van der Waals surface area contributed by atoms with Crippen LogP contribution in [0.4, 0.5) is 0 Å². The van der Waals surface area contributed by atoms with Gasteiger partial charge in [0.1, 0.15) is 49.3 Å². The molecule has 20 heteroatoms. The number of nitrogens with zero attached hydrogens (tertiary/aromatic N) is 2. The Kier molecular flexibility index (Phi) is 24.2. The molecule has 4 aliphatic heterocycles. The smallest absolute Gasteiger partial charge is 0.311 e. The van der Waals surface area contributed by atoms with Gasteiger partial charge in [-0.1, -0.05) is 53.6 Å². The maximum absolute atomic E-state index is 15.2. The molecule has 418 valence electrons. The van der Waals surface area contributed by atoms with E-state index in [1.807, 2.05) is 48.5 Å². The number of aliphatic hydroxyl groups is 3. The highest BCUT2D eigenvalue weighted by atomic mass is 16.7. The van der Waals surface area contributed by atoms with Gasteiger partial charge in [0.05, 0.1) is 61.3 Å². The minimum absolute atomic E-state index is 0.0105. The van der Waals surface area contributed by atoms with E-state index in [-0.39, 0.29) is 43.9 Å². The average Bonchev–Trinajstić information content (AvgIpc) is 3.45. The van der Waals surface area contributed by atoms with Crippen LogP contribution >= 0.6 is 0 Å². The third kappa shape index (κ3) is 16.0. The van der Waals surface area contributed by atoms with Crippen LogP contribution < -0.4 is 0 Å². The van der Waals surface area contributed by atoms with Crippen molar-refractivity contribution in [3.8, 4) is 0 Å². The molecule has 22 atom stereocenters. The molecule has 4 fully saturated rings. The van der Waals surface area contributed by atoms with Crippen molar-refractivity contribution in [2.24, 2.45) is 46.6 Å². The third-order valence-electron chi connectivity index (χ3n) is 15.0. The Morgan fingerprint density at radius 2 is 1.49 bits per heavy atom. The molecule has 0 spiro atoms. The predicted molar refractivity (Wildman–Crippen MR) is 263 cm³/mol. The maximum Gasteiger partial charge on any atom is 0.311 e. The Morgan fingerprint density at radius 1 is 0.819 bits per heavy atom. The van der Waals surface area contributed by atoms with Gasteiger partial charge in [0.15, 0.2) is 24.7 Å². The fraction of sp³-hybridized carbons (Fsp3) is 0.923. The van der Waals surface area contributed by atoms with Gasteiger partial charge in [-0.15, -0.1) is 0 Å². The van der Waals surface area contributed by atoms with E-state index in [0.717, 1.165) is 0 Å². The van der Waals surface area contributed by atoms with Gasteiger partial charge in [0.2, 0.25) is 0 Å². The summed E-state index contributed by atoms with van der Waals surface area (Å²) in [5, 5.41) is 39.0. The zero-order chi connectivity index (χ0) is 53.9. The molecule has 0 aliphatic carbocycles. The van der Waals surface area contributed by atoms with Crippen molar-refractivity contribution in [2.45, 2.75) is 213 Å². The van der Waals surface area contributed by atoms with Gasteiger partial charge >= 0.3 is 11.9 Å². The highest BCUT2D eigenvalue weighted by Gasteiger charge is 2.51. The molecule has 0 amide bonds. The van der Waals surface area contributed by atoms with E-state index in [1.54, 1.807) is 34.8 Å². The van der Waals surface area contributed by atoms with Crippen LogP contribution in [0.25, 0.3) is 0 Å². The van der Waals surface area contributed by atoms with Crippen LogP contribution in [-0.2, 0) is 71.3 Å². The van der Waals surface area contributed by atoms with Crippen molar-refractivity contribution in [2.75, 3.05) is 54.7 Å². The number of carbonyl (C=O) groups excluding carboxylic acids is 3. The quantitative estimate of drug-likeness (QED) is 0.136. The van der Waals surface area contributed by atoms with Gasteiger partial charge in [-0.2, -0.15) is 0 Å². The minimum atomic E-state index is -2.02. The second-order valence-electron chi connectivity index (χ2n) is 21.9. The van der Waals surface area contributed by atoms with Crippen molar-refractivity contribution in [3.05, 3.63) is 0 Å². The normalized spacial score (nSPS) is 42.4. The summed E-state index contributed by atoms with van der Waals surface area (Å²) < 4.78 is 68.8. The van der Waals surface area contributed by atoms with Gasteiger partial charge < -0.3 is 72.3 Å². The first-order chi connectivity index (χ1) is 33.8. The second kappa shape index (κ2) is 28.1.